The lowest BCUT2D eigenvalue weighted by Gasteiger charge is -2.16. The first-order valence-electron chi connectivity index (χ1n) is 12.1. The molecule has 2 rings (SSSR count). The van der Waals surface area contributed by atoms with E-state index in [9.17, 15) is 29.4 Å². The summed E-state index contributed by atoms with van der Waals surface area (Å²) in [5, 5.41) is 24.0. The number of hydrogen-bond acceptors (Lipinski definition) is 8. The predicted molar refractivity (Wildman–Crippen MR) is 157 cm³/mol. The van der Waals surface area contributed by atoms with Gasteiger partial charge >= 0.3 is 11.9 Å². The molecule has 0 heterocycles. The third-order valence-corrected chi connectivity index (χ3v) is 7.67. The molecule has 12 heteroatoms. The van der Waals surface area contributed by atoms with Crippen molar-refractivity contribution in [2.75, 3.05) is 38.9 Å². The minimum Gasteiger partial charge on any atom is -0.480 e. The molecule has 4 N–H and O–H groups in total. The molecule has 0 saturated carbocycles. The number of ether oxygens (including phenoxy) is 2. The van der Waals surface area contributed by atoms with Gasteiger partial charge in [-0.2, -0.15) is 0 Å². The summed E-state index contributed by atoms with van der Waals surface area (Å²) in [4.78, 5) is 48.4. The zero-order valence-corrected chi connectivity index (χ0v) is 23.7. The van der Waals surface area contributed by atoms with Gasteiger partial charge in [-0.25, -0.2) is 9.59 Å². The molecule has 0 saturated heterocycles. The van der Waals surface area contributed by atoms with Gasteiger partial charge in [0.1, 0.15) is 12.1 Å². The van der Waals surface area contributed by atoms with Crippen LogP contribution in [0, 0.1) is 0 Å². The van der Waals surface area contributed by atoms with Crippen molar-refractivity contribution in [3.63, 3.8) is 0 Å². The van der Waals surface area contributed by atoms with Gasteiger partial charge in [0.05, 0.1) is 13.2 Å². The van der Waals surface area contributed by atoms with Crippen LogP contribution in [-0.2, 0) is 19.1 Å². The molecule has 0 radical (unpaired) electrons. The van der Waals surface area contributed by atoms with Crippen LogP contribution in [0.15, 0.2) is 60.7 Å². The average molecular weight is 589 g/mol. The van der Waals surface area contributed by atoms with Crippen LogP contribution in [-0.4, -0.2) is 85.0 Å². The number of hydrogen-bond donors (Lipinski definition) is 4. The Balaban J connectivity index is 1.85. The van der Waals surface area contributed by atoms with Gasteiger partial charge in [0.15, 0.2) is 0 Å². The average Bonchev–Trinajstić information content (AvgIpc) is 2.94. The van der Waals surface area contributed by atoms with Crippen LogP contribution in [0.25, 0.3) is 12.2 Å². The van der Waals surface area contributed by atoms with Crippen LogP contribution in [0.5, 0.6) is 0 Å². The summed E-state index contributed by atoms with van der Waals surface area (Å²) in [5.74, 6) is -3.54. The molecule has 2 atom stereocenters. The second-order valence-electron chi connectivity index (χ2n) is 8.26. The summed E-state index contributed by atoms with van der Waals surface area (Å²) in [5.41, 5.74) is 2.34. The molecule has 2 aromatic rings. The first-order chi connectivity index (χ1) is 19.2. The van der Waals surface area contributed by atoms with Crippen molar-refractivity contribution in [3.05, 3.63) is 82.9 Å². The zero-order chi connectivity index (χ0) is 29.3. The van der Waals surface area contributed by atoms with Gasteiger partial charge in [0, 0.05) is 36.9 Å². The van der Waals surface area contributed by atoms with E-state index in [0.717, 1.165) is 32.7 Å². The first-order valence-corrected chi connectivity index (χ1v) is 14.6. The highest BCUT2D eigenvalue weighted by atomic mass is 33.1. The van der Waals surface area contributed by atoms with E-state index in [4.69, 9.17) is 9.47 Å². The highest BCUT2D eigenvalue weighted by Crippen LogP contribution is 2.23. The quantitative estimate of drug-likeness (QED) is 0.160. The van der Waals surface area contributed by atoms with Crippen molar-refractivity contribution in [3.8, 4) is 0 Å². The van der Waals surface area contributed by atoms with Gasteiger partial charge in [-0.15, -0.1) is 0 Å². The number of carbonyl (C=O) groups excluding carboxylic acids is 2. The molecule has 10 nitrogen and oxygen atoms in total. The fourth-order valence-electron chi connectivity index (χ4n) is 3.12. The minimum absolute atomic E-state index is 0.0120. The van der Waals surface area contributed by atoms with Crippen LogP contribution in [0.4, 0.5) is 0 Å². The highest BCUT2D eigenvalue weighted by molar-refractivity contribution is 8.76. The molecule has 0 aliphatic rings. The number of carboxylic acids is 2. The van der Waals surface area contributed by atoms with Crippen molar-refractivity contribution in [1.29, 1.82) is 0 Å². The van der Waals surface area contributed by atoms with Gasteiger partial charge in [-0.1, -0.05) is 70.2 Å². The molecule has 0 fully saturated rings. The number of carboxylic acid groups (broad SMARTS) is 2. The molecule has 2 aromatic carbocycles. The fraction of sp³-hybridized carbons (Fsp3) is 0.286. The van der Waals surface area contributed by atoms with E-state index in [1.165, 1.54) is 0 Å². The van der Waals surface area contributed by atoms with E-state index in [2.05, 4.69) is 10.6 Å². The Morgan fingerprint density at radius 1 is 0.700 bits per heavy atom. The molecule has 2 amide bonds. The topological polar surface area (TPSA) is 151 Å². The van der Waals surface area contributed by atoms with Crippen molar-refractivity contribution >= 4 is 57.5 Å². The number of amides is 2. The monoisotopic (exact) mass is 588 g/mol. The van der Waals surface area contributed by atoms with Crippen molar-refractivity contribution in [1.82, 2.24) is 10.6 Å². The van der Waals surface area contributed by atoms with Gasteiger partial charge in [0.25, 0.3) is 11.8 Å². The summed E-state index contributed by atoms with van der Waals surface area (Å²) < 4.78 is 9.89. The van der Waals surface area contributed by atoms with Crippen LogP contribution in [0.1, 0.15) is 31.8 Å². The molecular weight excluding hydrogens is 556 g/mol. The maximum absolute atomic E-state index is 12.5. The molecule has 214 valence electrons. The fourth-order valence-corrected chi connectivity index (χ4v) is 5.43. The van der Waals surface area contributed by atoms with Crippen LogP contribution in [0.3, 0.4) is 0 Å². The summed E-state index contributed by atoms with van der Waals surface area (Å²) in [6, 6.07) is 10.9. The highest BCUT2D eigenvalue weighted by Gasteiger charge is 2.24. The summed E-state index contributed by atoms with van der Waals surface area (Å²) >= 11 is 0. The predicted octanol–water partition coefficient (Wildman–Crippen LogP) is 3.45. The molecule has 0 aromatic heterocycles. The Morgan fingerprint density at radius 2 is 1.05 bits per heavy atom. The second-order valence-corrected chi connectivity index (χ2v) is 10.8. The Bertz CT molecular complexity index is 1090. The largest absolute Gasteiger partial charge is 0.480 e. The Hall–Kier alpha value is -3.58. The number of aliphatic carboxylic acids is 2. The third kappa shape index (κ3) is 11.7. The van der Waals surface area contributed by atoms with E-state index < -0.39 is 35.8 Å². The van der Waals surface area contributed by atoms with E-state index in [1.807, 2.05) is 24.3 Å². The maximum atomic E-state index is 12.5. The first kappa shape index (κ1) is 32.6. The lowest BCUT2D eigenvalue weighted by Crippen LogP contribution is -2.43. The summed E-state index contributed by atoms with van der Waals surface area (Å²) in [6.07, 6.45) is 7.33. The second kappa shape index (κ2) is 17.9. The molecule has 40 heavy (non-hydrogen) atoms. The van der Waals surface area contributed by atoms with E-state index >= 15 is 0 Å². The summed E-state index contributed by atoms with van der Waals surface area (Å²) in [7, 11) is 5.35. The molecule has 0 aliphatic heterocycles. The number of benzene rings is 2. The SMILES string of the molecule is COC/C=C/c1ccc(C(=O)N[C@@H](CSSC[C@H](NC(=O)c2ccc(/C=C/COC)cc2)C(=O)O)C(=O)O)cc1. The van der Waals surface area contributed by atoms with Crippen LogP contribution in [0.2, 0.25) is 0 Å². The maximum Gasteiger partial charge on any atom is 0.327 e. The smallest absolute Gasteiger partial charge is 0.327 e. The summed E-state index contributed by atoms with van der Waals surface area (Å²) in [6.45, 7) is 0.916. The number of methoxy groups -OCH3 is 2. The number of carbonyl (C=O) groups is 4. The van der Waals surface area contributed by atoms with Gasteiger partial charge in [-0.05, 0) is 35.4 Å². The van der Waals surface area contributed by atoms with Gasteiger partial charge < -0.3 is 30.3 Å². The lowest BCUT2D eigenvalue weighted by atomic mass is 10.1. The molecule has 0 aliphatic carbocycles. The van der Waals surface area contributed by atoms with Gasteiger partial charge in [0.2, 0.25) is 0 Å². The lowest BCUT2D eigenvalue weighted by molar-refractivity contribution is -0.139. The third-order valence-electron chi connectivity index (χ3n) is 5.25. The Kier molecular flexibility index (Phi) is 14.6. The molecule has 0 bridgehead atoms. The standard InChI is InChI=1S/C28H32N2O8S2/c1-37-15-3-5-19-7-11-21(12-8-19)25(31)29-23(27(33)34)17-39-40-18-24(28(35)36)30-26(32)22-13-9-20(10-14-22)6-4-16-38-2/h3-14,23-24H,15-18H2,1-2H3,(H,29,31)(H,30,32)(H,33,34)(H,35,36)/b5-3+,6-4+/t23-,24-/m0/s1. The molecule has 0 spiro atoms. The van der Waals surface area contributed by atoms with E-state index in [1.54, 1.807) is 62.8 Å². The van der Waals surface area contributed by atoms with Crippen molar-refractivity contribution in [2.45, 2.75) is 12.1 Å². The number of nitrogens with one attached hydrogen (secondary N) is 2. The Labute approximate surface area is 240 Å². The number of rotatable bonds is 17. The van der Waals surface area contributed by atoms with Gasteiger partial charge in [-0.3, -0.25) is 9.59 Å². The molecule has 0 unspecified atom stereocenters. The van der Waals surface area contributed by atoms with Crippen molar-refractivity contribution < 1.29 is 38.9 Å². The Morgan fingerprint density at radius 3 is 1.35 bits per heavy atom. The minimum atomic E-state index is -1.22. The van der Waals surface area contributed by atoms with Crippen LogP contribution >= 0.6 is 21.6 Å². The zero-order valence-electron chi connectivity index (χ0n) is 22.1. The van der Waals surface area contributed by atoms with E-state index in [-0.39, 0.29) is 11.5 Å². The van der Waals surface area contributed by atoms with Crippen molar-refractivity contribution in [2.24, 2.45) is 0 Å². The van der Waals surface area contributed by atoms with E-state index in [0.29, 0.717) is 24.3 Å². The normalized spacial score (nSPS) is 12.8. The van der Waals surface area contributed by atoms with Crippen LogP contribution < -0.4 is 10.6 Å². The molecular formula is C28H32N2O8S2.